The summed E-state index contributed by atoms with van der Waals surface area (Å²) in [6.45, 7) is 8.99. The Kier molecular flexibility index (Phi) is 23.6. The molecule has 33 heavy (non-hydrogen) atoms. The second kappa shape index (κ2) is 24.3. The fourth-order valence-corrected chi connectivity index (χ4v) is 4.22. The van der Waals surface area contributed by atoms with Gasteiger partial charge in [-0.1, -0.05) is 104 Å². The van der Waals surface area contributed by atoms with Crippen molar-refractivity contribution in [2.75, 3.05) is 26.2 Å². The van der Waals surface area contributed by atoms with Crippen molar-refractivity contribution >= 4 is 5.91 Å². The van der Waals surface area contributed by atoms with Crippen LogP contribution >= 0.6 is 0 Å². The van der Waals surface area contributed by atoms with Crippen LogP contribution in [-0.4, -0.2) is 36.7 Å². The number of hydrogen-bond acceptors (Lipinski definition) is 2. The Balaban J connectivity index is 3.54. The van der Waals surface area contributed by atoms with Crippen molar-refractivity contribution in [1.29, 1.82) is 0 Å². The van der Waals surface area contributed by atoms with Crippen LogP contribution in [0.3, 0.4) is 0 Å². The first-order chi connectivity index (χ1) is 16.1. The maximum absolute atomic E-state index is 12.9. The van der Waals surface area contributed by atoms with Crippen molar-refractivity contribution in [2.45, 2.75) is 143 Å². The molecule has 196 valence electrons. The fourth-order valence-electron chi connectivity index (χ4n) is 4.22. The molecule has 0 rings (SSSR count). The summed E-state index contributed by atoms with van der Waals surface area (Å²) >= 11 is 0. The first-order valence-corrected chi connectivity index (χ1v) is 14.6. The lowest BCUT2D eigenvalue weighted by Gasteiger charge is -2.43. The number of rotatable bonds is 25. The SMILES string of the molecule is CCCCCCCC/C=C\CCCCCCCCNC(=O)CC[N+]([O-])(CCCC)CCCC. The molecule has 0 aliphatic carbocycles. The number of carbonyl (C=O) groups excluding carboxylic acids is 1. The van der Waals surface area contributed by atoms with E-state index < -0.39 is 0 Å². The van der Waals surface area contributed by atoms with E-state index in [9.17, 15) is 10.0 Å². The lowest BCUT2D eigenvalue weighted by molar-refractivity contribution is -0.880. The predicted molar refractivity (Wildman–Crippen MR) is 145 cm³/mol. The van der Waals surface area contributed by atoms with Gasteiger partial charge >= 0.3 is 0 Å². The lowest BCUT2D eigenvalue weighted by Crippen LogP contribution is -2.46. The molecule has 0 spiro atoms. The normalized spacial score (nSPS) is 12.0. The molecule has 0 saturated carbocycles. The molecule has 0 aromatic rings. The van der Waals surface area contributed by atoms with E-state index in [1.807, 2.05) is 0 Å². The topological polar surface area (TPSA) is 52.2 Å². The van der Waals surface area contributed by atoms with Crippen LogP contribution in [0.4, 0.5) is 0 Å². The van der Waals surface area contributed by atoms with E-state index in [0.29, 0.717) is 26.1 Å². The van der Waals surface area contributed by atoms with Gasteiger partial charge in [-0.25, -0.2) is 0 Å². The largest absolute Gasteiger partial charge is 0.633 e. The van der Waals surface area contributed by atoms with Crippen LogP contribution in [0.25, 0.3) is 0 Å². The van der Waals surface area contributed by atoms with Gasteiger partial charge in [-0.3, -0.25) is 4.79 Å². The number of amides is 1. The second-order valence-corrected chi connectivity index (χ2v) is 9.97. The summed E-state index contributed by atoms with van der Waals surface area (Å²) in [6.07, 6.45) is 27.3. The average Bonchev–Trinajstić information content (AvgIpc) is 2.82. The molecule has 0 aliphatic rings. The standard InChI is InChI=1S/C29H58N2O2/c1-4-7-10-11-12-13-14-15-16-17-18-19-20-21-22-23-25-30-29(32)24-28-31(33,26-8-5-2)27-9-6-3/h15-16H,4-14,17-28H2,1-3H3,(H,30,32)/b16-15-. The van der Waals surface area contributed by atoms with Crippen LogP contribution in [0.5, 0.6) is 0 Å². The zero-order valence-corrected chi connectivity index (χ0v) is 22.7. The van der Waals surface area contributed by atoms with Crippen LogP contribution in [0, 0.1) is 5.21 Å². The van der Waals surface area contributed by atoms with Gasteiger partial charge in [0.05, 0.1) is 26.1 Å². The highest BCUT2D eigenvalue weighted by molar-refractivity contribution is 5.75. The number of unbranched alkanes of at least 4 members (excludes halogenated alkanes) is 14. The molecule has 1 amide bonds. The molecule has 0 fully saturated rings. The highest BCUT2D eigenvalue weighted by Crippen LogP contribution is 2.12. The van der Waals surface area contributed by atoms with E-state index in [-0.39, 0.29) is 10.6 Å². The monoisotopic (exact) mass is 466 g/mol. The Morgan fingerprint density at radius 3 is 1.61 bits per heavy atom. The van der Waals surface area contributed by atoms with Gasteiger partial charge in [-0.2, -0.15) is 0 Å². The zero-order valence-electron chi connectivity index (χ0n) is 22.7. The third-order valence-electron chi connectivity index (χ3n) is 6.60. The van der Waals surface area contributed by atoms with Gasteiger partial charge in [0, 0.05) is 6.54 Å². The Morgan fingerprint density at radius 2 is 1.09 bits per heavy atom. The number of quaternary nitrogens is 1. The van der Waals surface area contributed by atoms with E-state index in [2.05, 4.69) is 38.2 Å². The molecule has 0 aromatic heterocycles. The minimum atomic E-state index is -0.191. The lowest BCUT2D eigenvalue weighted by atomic mass is 10.1. The summed E-state index contributed by atoms with van der Waals surface area (Å²) in [5, 5.41) is 15.9. The Morgan fingerprint density at radius 1 is 0.636 bits per heavy atom. The van der Waals surface area contributed by atoms with Gasteiger partial charge in [-0.15, -0.1) is 0 Å². The maximum atomic E-state index is 12.9. The van der Waals surface area contributed by atoms with Crippen molar-refractivity contribution in [2.24, 2.45) is 0 Å². The minimum absolute atomic E-state index is 0.0501. The number of nitrogens with zero attached hydrogens (tertiary/aromatic N) is 1. The molecular weight excluding hydrogens is 408 g/mol. The van der Waals surface area contributed by atoms with E-state index in [4.69, 9.17) is 0 Å². The first kappa shape index (κ1) is 32.1. The smallest absolute Gasteiger partial charge is 0.225 e. The van der Waals surface area contributed by atoms with Crippen LogP contribution in [0.15, 0.2) is 12.2 Å². The number of carbonyl (C=O) groups is 1. The highest BCUT2D eigenvalue weighted by atomic mass is 16.5. The quantitative estimate of drug-likeness (QED) is 0.0635. The van der Waals surface area contributed by atoms with Crippen molar-refractivity contribution in [3.63, 3.8) is 0 Å². The summed E-state index contributed by atoms with van der Waals surface area (Å²) in [7, 11) is 0. The van der Waals surface area contributed by atoms with Crippen LogP contribution in [0.1, 0.15) is 143 Å². The molecule has 0 saturated heterocycles. The fraction of sp³-hybridized carbons (Fsp3) is 0.897. The Labute approximate surface area is 207 Å². The molecule has 0 atom stereocenters. The molecule has 0 radical (unpaired) electrons. The second-order valence-electron chi connectivity index (χ2n) is 9.97. The van der Waals surface area contributed by atoms with Gasteiger partial charge in [-0.05, 0) is 44.9 Å². The Bertz CT molecular complexity index is 443. The van der Waals surface area contributed by atoms with Crippen LogP contribution < -0.4 is 5.32 Å². The molecule has 0 heterocycles. The Hall–Kier alpha value is -0.870. The summed E-state index contributed by atoms with van der Waals surface area (Å²) in [5.41, 5.74) is 0. The predicted octanol–water partition coefficient (Wildman–Crippen LogP) is 8.45. The van der Waals surface area contributed by atoms with E-state index in [1.165, 1.54) is 83.5 Å². The molecule has 0 aromatic carbocycles. The van der Waals surface area contributed by atoms with Crippen molar-refractivity contribution in [3.8, 4) is 0 Å². The summed E-state index contributed by atoms with van der Waals surface area (Å²) < 4.78 is -0.191. The molecule has 0 bridgehead atoms. The van der Waals surface area contributed by atoms with Gasteiger partial charge in [0.15, 0.2) is 0 Å². The van der Waals surface area contributed by atoms with E-state index in [0.717, 1.165) is 38.6 Å². The van der Waals surface area contributed by atoms with Crippen LogP contribution in [0.2, 0.25) is 0 Å². The average molecular weight is 467 g/mol. The molecule has 1 N–H and O–H groups in total. The molecular formula is C29H58N2O2. The third-order valence-corrected chi connectivity index (χ3v) is 6.60. The highest BCUT2D eigenvalue weighted by Gasteiger charge is 2.17. The van der Waals surface area contributed by atoms with Gasteiger partial charge in [0.1, 0.15) is 0 Å². The molecule has 0 unspecified atom stereocenters. The number of allylic oxidation sites excluding steroid dienone is 2. The van der Waals surface area contributed by atoms with Crippen molar-refractivity contribution in [3.05, 3.63) is 17.4 Å². The number of nitrogens with one attached hydrogen (secondary N) is 1. The number of hydrogen-bond donors (Lipinski definition) is 1. The van der Waals surface area contributed by atoms with E-state index in [1.54, 1.807) is 0 Å². The third kappa shape index (κ3) is 22.7. The van der Waals surface area contributed by atoms with E-state index >= 15 is 0 Å². The van der Waals surface area contributed by atoms with Crippen molar-refractivity contribution < 1.29 is 9.44 Å². The summed E-state index contributed by atoms with van der Waals surface area (Å²) in [5.74, 6) is 0.0501. The first-order valence-electron chi connectivity index (χ1n) is 14.6. The minimum Gasteiger partial charge on any atom is -0.633 e. The molecule has 0 aliphatic heterocycles. The van der Waals surface area contributed by atoms with Gasteiger partial charge < -0.3 is 15.2 Å². The summed E-state index contributed by atoms with van der Waals surface area (Å²) in [4.78, 5) is 12.1. The van der Waals surface area contributed by atoms with Gasteiger partial charge in [0.2, 0.25) is 5.91 Å². The number of hydroxylamine groups is 3. The maximum Gasteiger partial charge on any atom is 0.225 e. The van der Waals surface area contributed by atoms with Crippen molar-refractivity contribution in [1.82, 2.24) is 5.32 Å². The zero-order chi connectivity index (χ0) is 24.5. The molecule has 4 heteroatoms. The van der Waals surface area contributed by atoms with Crippen LogP contribution in [-0.2, 0) is 4.79 Å². The molecule has 4 nitrogen and oxygen atoms in total. The summed E-state index contributed by atoms with van der Waals surface area (Å²) in [6, 6.07) is 0. The van der Waals surface area contributed by atoms with Gasteiger partial charge in [0.25, 0.3) is 0 Å².